The average Bonchev–Trinajstić information content (AvgIpc) is 3.03. The Balaban J connectivity index is 1.31. The molecule has 6 rings (SSSR count). The first-order valence-corrected chi connectivity index (χ1v) is 13.3. The highest BCUT2D eigenvalue weighted by molar-refractivity contribution is 5.55. The quantitative estimate of drug-likeness (QED) is 0.166. The van der Waals surface area contributed by atoms with Crippen LogP contribution in [-0.2, 0) is 13.1 Å². The number of benzene rings is 3. The van der Waals surface area contributed by atoms with Gasteiger partial charge >= 0.3 is 17.8 Å². The lowest BCUT2D eigenvalue weighted by Crippen LogP contribution is -2.44. The number of non-ortho nitro benzene ring substituents is 1. The van der Waals surface area contributed by atoms with Gasteiger partial charge in [0.15, 0.2) is 13.1 Å². The van der Waals surface area contributed by atoms with Crippen LogP contribution in [-0.4, -0.2) is 19.9 Å². The third-order valence-corrected chi connectivity index (χ3v) is 6.50. The molecule has 3 aromatic heterocycles. The molecular weight excluding hydrogens is 530 g/mol. The third kappa shape index (κ3) is 6.42. The van der Waals surface area contributed by atoms with Crippen molar-refractivity contribution in [1.29, 1.82) is 0 Å². The monoisotopic (exact) mass is 557 g/mol. The van der Waals surface area contributed by atoms with Gasteiger partial charge in [-0.2, -0.15) is 18.3 Å². The smallest absolute Gasteiger partial charge is 0.295 e. The lowest BCUT2D eigenvalue weighted by Gasteiger charge is -2.02. The molecule has 1 N–H and O–H groups in total. The first kappa shape index (κ1) is 26.3. The lowest BCUT2D eigenvalue weighted by atomic mass is 10.2. The number of anilines is 2. The summed E-state index contributed by atoms with van der Waals surface area (Å²) in [5, 5.41) is 14.2. The standard InChI is InChI=1S/C31H27N9O2/c41-40(42)28-13-11-27(12-14-28)32-29-33-30(38-19-15-36(16-20-38)23-25-7-3-1-4-8-25)35-31(34-29)39-21-17-37(18-22-39)24-26-9-5-2-6-10-26/h1-22H,23-24H2,(H,32,33,34,35)/q+4. The summed E-state index contributed by atoms with van der Waals surface area (Å²) >= 11 is 0. The van der Waals surface area contributed by atoms with Gasteiger partial charge in [0.1, 0.15) is 24.8 Å². The van der Waals surface area contributed by atoms with E-state index in [9.17, 15) is 10.1 Å². The maximum atomic E-state index is 11.1. The van der Waals surface area contributed by atoms with Gasteiger partial charge in [-0.05, 0) is 22.1 Å². The number of hydrogen-bond acceptors (Lipinski definition) is 6. The Morgan fingerprint density at radius 1 is 0.595 bits per heavy atom. The van der Waals surface area contributed by atoms with Crippen molar-refractivity contribution in [1.82, 2.24) is 15.0 Å². The van der Waals surface area contributed by atoms with E-state index in [1.165, 1.54) is 23.3 Å². The van der Waals surface area contributed by atoms with E-state index in [4.69, 9.17) is 4.98 Å². The Kier molecular flexibility index (Phi) is 7.53. The third-order valence-electron chi connectivity index (χ3n) is 6.50. The predicted molar refractivity (Wildman–Crippen MR) is 151 cm³/mol. The molecule has 6 aromatic rings. The minimum Gasteiger partial charge on any atom is -0.295 e. The maximum absolute atomic E-state index is 11.1. The van der Waals surface area contributed by atoms with E-state index < -0.39 is 4.92 Å². The highest BCUT2D eigenvalue weighted by atomic mass is 16.6. The molecule has 0 aliphatic heterocycles. The van der Waals surface area contributed by atoms with Crippen molar-refractivity contribution >= 4 is 17.3 Å². The first-order chi connectivity index (χ1) is 20.6. The minimum atomic E-state index is -0.435. The zero-order valence-electron chi connectivity index (χ0n) is 22.5. The zero-order chi connectivity index (χ0) is 28.7. The fourth-order valence-electron chi connectivity index (χ4n) is 4.33. The van der Waals surface area contributed by atoms with E-state index >= 15 is 0 Å². The van der Waals surface area contributed by atoms with Gasteiger partial charge in [0.2, 0.25) is 24.8 Å². The van der Waals surface area contributed by atoms with Crippen LogP contribution in [0.3, 0.4) is 0 Å². The van der Waals surface area contributed by atoms with Crippen molar-refractivity contribution in [2.45, 2.75) is 13.1 Å². The number of nitrogens with one attached hydrogen (secondary N) is 1. The second-order valence-electron chi connectivity index (χ2n) is 9.51. The lowest BCUT2D eigenvalue weighted by molar-refractivity contribution is -0.718. The van der Waals surface area contributed by atoms with Crippen molar-refractivity contribution in [3.8, 4) is 11.9 Å². The number of nitrogens with zero attached hydrogens (tertiary/aromatic N) is 8. The molecule has 0 fully saturated rings. The summed E-state index contributed by atoms with van der Waals surface area (Å²) < 4.78 is 7.77. The van der Waals surface area contributed by atoms with Gasteiger partial charge in [-0.1, -0.05) is 60.7 Å². The van der Waals surface area contributed by atoms with Gasteiger partial charge in [0.05, 0.1) is 4.92 Å². The first-order valence-electron chi connectivity index (χ1n) is 13.3. The molecule has 3 heterocycles. The Morgan fingerprint density at radius 3 is 1.48 bits per heavy atom. The van der Waals surface area contributed by atoms with Crippen molar-refractivity contribution in [2.24, 2.45) is 0 Å². The average molecular weight is 558 g/mol. The van der Waals surface area contributed by atoms with E-state index in [0.717, 1.165) is 13.1 Å². The van der Waals surface area contributed by atoms with Crippen LogP contribution in [0.25, 0.3) is 11.9 Å². The predicted octanol–water partition coefficient (Wildman–Crippen LogP) is 2.75. The van der Waals surface area contributed by atoms with Crippen molar-refractivity contribution in [3.63, 3.8) is 0 Å². The summed E-state index contributed by atoms with van der Waals surface area (Å²) in [7, 11) is 0. The Labute approximate surface area is 241 Å². The van der Waals surface area contributed by atoms with Crippen LogP contribution in [0.5, 0.6) is 0 Å². The summed E-state index contributed by atoms with van der Waals surface area (Å²) in [4.78, 5) is 24.6. The number of rotatable bonds is 9. The molecule has 204 valence electrons. The number of aromatic nitrogens is 7. The highest BCUT2D eigenvalue weighted by Crippen LogP contribution is 2.18. The van der Waals surface area contributed by atoms with E-state index in [0.29, 0.717) is 23.5 Å². The van der Waals surface area contributed by atoms with Crippen LogP contribution in [0, 0.1) is 10.1 Å². The van der Waals surface area contributed by atoms with Gasteiger partial charge in [0, 0.05) is 33.9 Å². The number of nitro benzene ring substituents is 1. The van der Waals surface area contributed by atoms with Gasteiger partial charge in [-0.3, -0.25) is 15.4 Å². The molecule has 0 atom stereocenters. The van der Waals surface area contributed by atoms with Gasteiger partial charge in [-0.15, -0.1) is 0 Å². The van der Waals surface area contributed by atoms with Crippen molar-refractivity contribution in [3.05, 3.63) is 156 Å². The molecule has 0 aliphatic carbocycles. The van der Waals surface area contributed by atoms with E-state index in [-0.39, 0.29) is 5.69 Å². The largest absolute Gasteiger partial charge is 0.448 e. The fraction of sp³-hybridized carbons (Fsp3) is 0.0645. The number of hydrogen-bond donors (Lipinski definition) is 1. The SMILES string of the molecule is O=[N+]([O-])c1ccc(Nc2nc(-[n+]3cc[n+](Cc4ccccc4)cc3)nc(-[n+]3cc[n+](Cc4ccccc4)cc3)n2)cc1. The van der Waals surface area contributed by atoms with Gasteiger partial charge < -0.3 is 0 Å². The molecule has 0 radical (unpaired) electrons. The zero-order valence-corrected chi connectivity index (χ0v) is 22.5. The molecule has 0 spiro atoms. The molecule has 0 unspecified atom stereocenters. The topological polar surface area (TPSA) is 109 Å². The summed E-state index contributed by atoms with van der Waals surface area (Å²) in [5.41, 5.74) is 3.01. The van der Waals surface area contributed by atoms with Crippen LogP contribution in [0.1, 0.15) is 11.1 Å². The summed E-state index contributed by atoms with van der Waals surface area (Å²) in [6.45, 7) is 1.47. The van der Waals surface area contributed by atoms with Gasteiger partial charge in [-0.25, -0.2) is 0 Å². The normalized spacial score (nSPS) is 10.8. The molecule has 0 bridgehead atoms. The summed E-state index contributed by atoms with van der Waals surface area (Å²) in [6, 6.07) is 26.5. The van der Waals surface area contributed by atoms with Crippen molar-refractivity contribution in [2.75, 3.05) is 5.32 Å². The second kappa shape index (κ2) is 12.0. The van der Waals surface area contributed by atoms with Crippen LogP contribution in [0.2, 0.25) is 0 Å². The second-order valence-corrected chi connectivity index (χ2v) is 9.51. The van der Waals surface area contributed by atoms with Crippen LogP contribution in [0.4, 0.5) is 17.3 Å². The Hall–Kier alpha value is -5.97. The number of nitro groups is 1. The molecule has 0 aliphatic rings. The van der Waals surface area contributed by atoms with E-state index in [1.807, 2.05) is 95.1 Å². The van der Waals surface area contributed by atoms with Crippen LogP contribution < -0.4 is 23.6 Å². The molecule has 0 saturated carbocycles. The Morgan fingerprint density at radius 2 is 1.05 bits per heavy atom. The molecule has 42 heavy (non-hydrogen) atoms. The molecule has 11 heteroatoms. The maximum Gasteiger partial charge on any atom is 0.448 e. The summed E-state index contributed by atoms with van der Waals surface area (Å²) in [5.74, 6) is 1.11. The van der Waals surface area contributed by atoms with E-state index in [2.05, 4.69) is 48.7 Å². The molecule has 0 amide bonds. The summed E-state index contributed by atoms with van der Waals surface area (Å²) in [6.07, 6.45) is 15.4. The molecule has 3 aromatic carbocycles. The fourth-order valence-corrected chi connectivity index (χ4v) is 4.33. The molecular formula is C31H27N9O2+4. The van der Waals surface area contributed by atoms with Gasteiger partial charge in [0.25, 0.3) is 5.69 Å². The molecule has 11 nitrogen and oxygen atoms in total. The van der Waals surface area contributed by atoms with Crippen LogP contribution >= 0.6 is 0 Å². The minimum absolute atomic E-state index is 0.00451. The van der Waals surface area contributed by atoms with E-state index in [1.54, 1.807) is 12.1 Å². The molecule has 0 saturated heterocycles. The van der Waals surface area contributed by atoms with Crippen LogP contribution in [0.15, 0.2) is 135 Å². The highest BCUT2D eigenvalue weighted by Gasteiger charge is 2.25. The van der Waals surface area contributed by atoms with Crippen molar-refractivity contribution < 1.29 is 23.2 Å². The Bertz CT molecular complexity index is 1700.